The molecule has 0 bridgehead atoms. The molecule has 0 aliphatic carbocycles. The highest BCUT2D eigenvalue weighted by atomic mass is 32.2. The summed E-state index contributed by atoms with van der Waals surface area (Å²) in [5.74, 6) is 2.07. The first-order valence-corrected chi connectivity index (χ1v) is 10.5. The molecular formula is C20H24N8OS. The molecule has 156 valence electrons. The lowest BCUT2D eigenvalue weighted by atomic mass is 10.0. The number of allylic oxidation sites excluding steroid dienone is 1. The van der Waals surface area contributed by atoms with E-state index in [0.29, 0.717) is 22.5 Å². The SMILES string of the molecule is CC(=N)/C(C)=C1\C(=N)Sc2c(NC3CN(c4ncc(OC(C)C)cn4)C3)ncnc21. The average molecular weight is 425 g/mol. The Morgan fingerprint density at radius 3 is 2.53 bits per heavy atom. The van der Waals surface area contributed by atoms with Gasteiger partial charge in [0.2, 0.25) is 5.95 Å². The average Bonchev–Trinajstić information content (AvgIpc) is 3.00. The molecule has 4 heterocycles. The van der Waals surface area contributed by atoms with E-state index in [0.717, 1.165) is 40.6 Å². The van der Waals surface area contributed by atoms with Gasteiger partial charge in [-0.25, -0.2) is 19.9 Å². The zero-order chi connectivity index (χ0) is 21.4. The maximum absolute atomic E-state index is 8.34. The molecule has 10 heteroatoms. The number of thioether (sulfide) groups is 1. The van der Waals surface area contributed by atoms with Crippen LogP contribution in [0.15, 0.2) is 29.2 Å². The number of hydrogen-bond acceptors (Lipinski definition) is 10. The van der Waals surface area contributed by atoms with Crippen LogP contribution in [0.2, 0.25) is 0 Å². The van der Waals surface area contributed by atoms with Crippen LogP contribution in [0, 0.1) is 10.8 Å². The van der Waals surface area contributed by atoms with E-state index >= 15 is 0 Å². The van der Waals surface area contributed by atoms with Gasteiger partial charge in [-0.15, -0.1) is 0 Å². The molecule has 0 radical (unpaired) electrons. The number of ether oxygens (including phenoxy) is 1. The first kappa shape index (κ1) is 20.3. The molecular weight excluding hydrogens is 400 g/mol. The second-order valence-corrected chi connectivity index (χ2v) is 8.61. The lowest BCUT2D eigenvalue weighted by Gasteiger charge is -2.39. The van der Waals surface area contributed by atoms with E-state index in [9.17, 15) is 0 Å². The number of hydrogen-bond donors (Lipinski definition) is 3. The summed E-state index contributed by atoms with van der Waals surface area (Å²) in [6.45, 7) is 9.04. The van der Waals surface area contributed by atoms with Crippen molar-refractivity contribution in [1.29, 1.82) is 10.8 Å². The van der Waals surface area contributed by atoms with Crippen LogP contribution in [-0.4, -0.2) is 55.9 Å². The van der Waals surface area contributed by atoms with E-state index in [2.05, 4.69) is 30.2 Å². The molecule has 0 unspecified atom stereocenters. The molecule has 0 saturated carbocycles. The van der Waals surface area contributed by atoms with Gasteiger partial charge < -0.3 is 20.4 Å². The molecule has 3 N–H and O–H groups in total. The molecule has 2 aliphatic heterocycles. The third kappa shape index (κ3) is 3.87. The van der Waals surface area contributed by atoms with Gasteiger partial charge in [0.25, 0.3) is 0 Å². The lowest BCUT2D eigenvalue weighted by Crippen LogP contribution is -2.55. The standard InChI is InChI=1S/C20H24N8OS/c1-10(2)29-14-5-23-20(24-6-14)28-7-13(8-28)27-19-17-16(25-9-26-19)15(18(22)30-17)11(3)12(4)21/h5-6,9-10,13,21-22H,7-8H2,1-4H3,(H,25,26,27)/b15-11-,21-12?,22-18?. The summed E-state index contributed by atoms with van der Waals surface area (Å²) >= 11 is 1.34. The molecule has 0 aromatic carbocycles. The van der Waals surface area contributed by atoms with E-state index in [4.69, 9.17) is 15.6 Å². The van der Waals surface area contributed by atoms with Gasteiger partial charge in [-0.3, -0.25) is 5.41 Å². The highest BCUT2D eigenvalue weighted by Crippen LogP contribution is 2.44. The second-order valence-electron chi connectivity index (χ2n) is 7.59. The van der Waals surface area contributed by atoms with Crippen LogP contribution in [0.3, 0.4) is 0 Å². The normalized spacial score (nSPS) is 17.6. The Kier molecular flexibility index (Phi) is 5.42. The monoisotopic (exact) mass is 424 g/mol. The Balaban J connectivity index is 1.44. The molecule has 2 aromatic heterocycles. The minimum Gasteiger partial charge on any atom is -0.488 e. The van der Waals surface area contributed by atoms with Crippen molar-refractivity contribution in [2.24, 2.45) is 0 Å². The predicted octanol–water partition coefficient (Wildman–Crippen LogP) is 3.25. The van der Waals surface area contributed by atoms with Crippen molar-refractivity contribution in [1.82, 2.24) is 19.9 Å². The van der Waals surface area contributed by atoms with Crippen LogP contribution in [0.25, 0.3) is 5.57 Å². The first-order valence-electron chi connectivity index (χ1n) is 9.72. The Bertz CT molecular complexity index is 1030. The summed E-state index contributed by atoms with van der Waals surface area (Å²) in [7, 11) is 0. The van der Waals surface area contributed by atoms with Gasteiger partial charge in [0.1, 0.15) is 17.2 Å². The molecule has 0 spiro atoms. The third-order valence-electron chi connectivity index (χ3n) is 4.90. The zero-order valence-electron chi connectivity index (χ0n) is 17.4. The summed E-state index contributed by atoms with van der Waals surface area (Å²) in [4.78, 5) is 20.5. The lowest BCUT2D eigenvalue weighted by molar-refractivity contribution is 0.240. The first-order chi connectivity index (χ1) is 14.3. The van der Waals surface area contributed by atoms with E-state index in [1.165, 1.54) is 18.1 Å². The topological polar surface area (TPSA) is 124 Å². The molecule has 2 aliphatic rings. The van der Waals surface area contributed by atoms with Gasteiger partial charge in [-0.05, 0) is 33.3 Å². The number of nitrogens with one attached hydrogen (secondary N) is 3. The van der Waals surface area contributed by atoms with Gasteiger partial charge in [-0.2, -0.15) is 0 Å². The van der Waals surface area contributed by atoms with Crippen LogP contribution in [-0.2, 0) is 0 Å². The molecule has 1 saturated heterocycles. The second kappa shape index (κ2) is 8.02. The highest BCUT2D eigenvalue weighted by Gasteiger charge is 2.33. The van der Waals surface area contributed by atoms with Crippen molar-refractivity contribution in [2.45, 2.75) is 44.7 Å². The summed E-state index contributed by atoms with van der Waals surface area (Å²) in [5, 5.41) is 20.1. The van der Waals surface area contributed by atoms with E-state index in [-0.39, 0.29) is 12.1 Å². The summed E-state index contributed by atoms with van der Waals surface area (Å²) < 4.78 is 5.59. The van der Waals surface area contributed by atoms with Crippen LogP contribution in [0.1, 0.15) is 33.4 Å². The van der Waals surface area contributed by atoms with Gasteiger partial charge in [0.05, 0.1) is 35.1 Å². The van der Waals surface area contributed by atoms with Crippen molar-refractivity contribution >= 4 is 39.9 Å². The van der Waals surface area contributed by atoms with Gasteiger partial charge >= 0.3 is 0 Å². The fourth-order valence-corrected chi connectivity index (χ4v) is 4.30. The fraction of sp³-hybridized carbons (Fsp3) is 0.400. The summed E-state index contributed by atoms with van der Waals surface area (Å²) in [6.07, 6.45) is 5.00. The van der Waals surface area contributed by atoms with Crippen molar-refractivity contribution in [3.05, 3.63) is 30.0 Å². The predicted molar refractivity (Wildman–Crippen MR) is 119 cm³/mol. The van der Waals surface area contributed by atoms with E-state index < -0.39 is 0 Å². The molecule has 0 atom stereocenters. The minimum atomic E-state index is 0.0908. The number of aromatic nitrogens is 4. The Labute approximate surface area is 179 Å². The van der Waals surface area contributed by atoms with Crippen molar-refractivity contribution in [2.75, 3.05) is 23.3 Å². The van der Waals surface area contributed by atoms with Crippen molar-refractivity contribution in [3.63, 3.8) is 0 Å². The van der Waals surface area contributed by atoms with Gasteiger partial charge in [0.15, 0.2) is 5.75 Å². The minimum absolute atomic E-state index is 0.0908. The third-order valence-corrected chi connectivity index (χ3v) is 5.90. The number of rotatable bonds is 6. The van der Waals surface area contributed by atoms with Gasteiger partial charge in [-0.1, -0.05) is 11.8 Å². The van der Waals surface area contributed by atoms with Crippen LogP contribution >= 0.6 is 11.8 Å². The molecule has 2 aromatic rings. The molecule has 30 heavy (non-hydrogen) atoms. The number of anilines is 2. The molecule has 4 rings (SSSR count). The summed E-state index contributed by atoms with van der Waals surface area (Å²) in [5.41, 5.74) is 2.66. The van der Waals surface area contributed by atoms with Crippen molar-refractivity contribution in [3.8, 4) is 5.75 Å². The van der Waals surface area contributed by atoms with E-state index in [1.807, 2.05) is 20.8 Å². The fourth-order valence-electron chi connectivity index (χ4n) is 3.28. The quantitative estimate of drug-likeness (QED) is 0.604. The maximum Gasteiger partial charge on any atom is 0.225 e. The van der Waals surface area contributed by atoms with Crippen LogP contribution < -0.4 is 15.0 Å². The van der Waals surface area contributed by atoms with Crippen LogP contribution in [0.4, 0.5) is 11.8 Å². The number of nitrogens with zero attached hydrogens (tertiary/aromatic N) is 5. The molecule has 0 amide bonds. The number of fused-ring (bicyclic) bond motifs is 1. The van der Waals surface area contributed by atoms with Crippen LogP contribution in [0.5, 0.6) is 5.75 Å². The van der Waals surface area contributed by atoms with E-state index in [1.54, 1.807) is 19.3 Å². The Morgan fingerprint density at radius 2 is 1.90 bits per heavy atom. The molecule has 1 fully saturated rings. The van der Waals surface area contributed by atoms with Crippen molar-refractivity contribution < 1.29 is 4.74 Å². The van der Waals surface area contributed by atoms with Gasteiger partial charge in [0, 0.05) is 24.4 Å². The largest absolute Gasteiger partial charge is 0.488 e. The smallest absolute Gasteiger partial charge is 0.225 e. The molecule has 9 nitrogen and oxygen atoms in total. The Morgan fingerprint density at radius 1 is 1.20 bits per heavy atom. The zero-order valence-corrected chi connectivity index (χ0v) is 18.2. The highest BCUT2D eigenvalue weighted by molar-refractivity contribution is 8.15. The summed E-state index contributed by atoms with van der Waals surface area (Å²) in [6, 6.07) is 0.201. The Hall–Kier alpha value is -3.01. The maximum atomic E-state index is 8.34.